The lowest BCUT2D eigenvalue weighted by Crippen LogP contribution is -1.94. The first-order valence-corrected chi connectivity index (χ1v) is 5.55. The summed E-state index contributed by atoms with van der Waals surface area (Å²) in [6.07, 6.45) is 1.51. The molecule has 80 valence electrons. The van der Waals surface area contributed by atoms with Crippen LogP contribution in [0.1, 0.15) is 11.1 Å². The van der Waals surface area contributed by atoms with E-state index >= 15 is 0 Å². The van der Waals surface area contributed by atoms with Gasteiger partial charge in [-0.25, -0.2) is 9.67 Å². The lowest BCUT2D eigenvalue weighted by atomic mass is 10.1. The second kappa shape index (κ2) is 4.37. The quantitative estimate of drug-likeness (QED) is 0.793. The predicted molar refractivity (Wildman–Crippen MR) is 61.0 cm³/mol. The molecule has 1 heterocycles. The number of nitriles is 1. The normalized spacial score (nSPS) is 10.1. The van der Waals surface area contributed by atoms with E-state index in [9.17, 15) is 0 Å². The van der Waals surface area contributed by atoms with Crippen LogP contribution >= 0.6 is 11.8 Å². The number of hydrogen-bond donors (Lipinski definition) is 0. The Labute approximate surface area is 97.9 Å². The molecule has 4 nitrogen and oxygen atoms in total. The lowest BCUT2D eigenvalue weighted by Gasteiger charge is -2.06. The van der Waals surface area contributed by atoms with Crippen molar-refractivity contribution in [2.75, 3.05) is 0 Å². The minimum atomic E-state index is 0.674. The van der Waals surface area contributed by atoms with Crippen molar-refractivity contribution in [2.45, 2.75) is 17.0 Å². The van der Waals surface area contributed by atoms with E-state index in [1.54, 1.807) is 4.68 Å². The Kier molecular flexibility index (Phi) is 2.93. The molecule has 2 aromatic rings. The summed E-state index contributed by atoms with van der Waals surface area (Å²) in [6.45, 7) is 1.99. The summed E-state index contributed by atoms with van der Waals surface area (Å²) in [5.41, 5.74) is 1.75. The SMILES string of the molecule is Cc1cccc(C#N)c1Sc1ncnn1C. The number of aromatic nitrogens is 3. The van der Waals surface area contributed by atoms with E-state index in [0.29, 0.717) is 5.56 Å². The molecule has 0 saturated heterocycles. The van der Waals surface area contributed by atoms with Gasteiger partial charge in [0.2, 0.25) is 0 Å². The molecule has 0 saturated carbocycles. The van der Waals surface area contributed by atoms with Gasteiger partial charge in [0.05, 0.1) is 5.56 Å². The number of rotatable bonds is 2. The molecule has 16 heavy (non-hydrogen) atoms. The highest BCUT2D eigenvalue weighted by atomic mass is 32.2. The Morgan fingerprint density at radius 1 is 1.44 bits per heavy atom. The van der Waals surface area contributed by atoms with Crippen LogP contribution in [0.4, 0.5) is 0 Å². The van der Waals surface area contributed by atoms with E-state index in [0.717, 1.165) is 15.6 Å². The van der Waals surface area contributed by atoms with Crippen molar-refractivity contribution in [1.29, 1.82) is 5.26 Å². The van der Waals surface area contributed by atoms with E-state index in [1.807, 2.05) is 32.2 Å². The first-order chi connectivity index (χ1) is 7.72. The first kappa shape index (κ1) is 10.7. The van der Waals surface area contributed by atoms with Gasteiger partial charge in [-0.3, -0.25) is 0 Å². The summed E-state index contributed by atoms with van der Waals surface area (Å²) in [5, 5.41) is 13.8. The first-order valence-electron chi connectivity index (χ1n) is 4.74. The second-order valence-corrected chi connectivity index (χ2v) is 4.31. The third-order valence-corrected chi connectivity index (χ3v) is 3.49. The Bertz CT molecular complexity index is 553. The predicted octanol–water partition coefficient (Wildman–Crippen LogP) is 2.15. The molecule has 1 aromatic carbocycles. The zero-order valence-electron chi connectivity index (χ0n) is 9.01. The van der Waals surface area contributed by atoms with Crippen LogP contribution in [0.25, 0.3) is 0 Å². The van der Waals surface area contributed by atoms with Crippen LogP contribution in [0.15, 0.2) is 34.6 Å². The molecule has 0 aliphatic carbocycles. The largest absolute Gasteiger partial charge is 0.244 e. The summed E-state index contributed by atoms with van der Waals surface area (Å²) < 4.78 is 1.69. The van der Waals surface area contributed by atoms with Crippen LogP contribution in [0.2, 0.25) is 0 Å². The summed E-state index contributed by atoms with van der Waals surface area (Å²) in [5.74, 6) is 0. The summed E-state index contributed by atoms with van der Waals surface area (Å²) in [7, 11) is 1.83. The second-order valence-electron chi connectivity index (χ2n) is 3.33. The molecule has 2 rings (SSSR count). The van der Waals surface area contributed by atoms with Crippen LogP contribution in [0, 0.1) is 18.3 Å². The van der Waals surface area contributed by atoms with Crippen LogP contribution < -0.4 is 0 Å². The van der Waals surface area contributed by atoms with Crippen molar-refractivity contribution in [3.05, 3.63) is 35.7 Å². The van der Waals surface area contributed by atoms with Crippen molar-refractivity contribution < 1.29 is 0 Å². The van der Waals surface area contributed by atoms with Crippen molar-refractivity contribution in [3.8, 4) is 6.07 Å². The summed E-state index contributed by atoms with van der Waals surface area (Å²) >= 11 is 1.47. The maximum atomic E-state index is 9.03. The fraction of sp³-hybridized carbons (Fsp3) is 0.182. The average Bonchev–Trinajstić information content (AvgIpc) is 2.67. The van der Waals surface area contributed by atoms with Gasteiger partial charge in [0.1, 0.15) is 12.4 Å². The van der Waals surface area contributed by atoms with Crippen LogP contribution in [0.5, 0.6) is 0 Å². The van der Waals surface area contributed by atoms with Crippen molar-refractivity contribution >= 4 is 11.8 Å². The Morgan fingerprint density at radius 2 is 2.25 bits per heavy atom. The third kappa shape index (κ3) is 1.92. The molecule has 0 atom stereocenters. The van der Waals surface area contributed by atoms with Gasteiger partial charge in [-0.1, -0.05) is 12.1 Å². The molecule has 5 heteroatoms. The van der Waals surface area contributed by atoms with Crippen LogP contribution in [-0.4, -0.2) is 14.8 Å². The number of nitrogens with zero attached hydrogens (tertiary/aromatic N) is 4. The van der Waals surface area contributed by atoms with Crippen molar-refractivity contribution in [3.63, 3.8) is 0 Å². The Balaban J connectivity index is 2.42. The smallest absolute Gasteiger partial charge is 0.190 e. The van der Waals surface area contributed by atoms with E-state index in [-0.39, 0.29) is 0 Å². The Hall–Kier alpha value is -1.80. The van der Waals surface area contributed by atoms with Gasteiger partial charge < -0.3 is 0 Å². The van der Waals surface area contributed by atoms with Gasteiger partial charge in [0.25, 0.3) is 0 Å². The molecule has 0 unspecified atom stereocenters. The molecular weight excluding hydrogens is 220 g/mol. The molecule has 0 bridgehead atoms. The molecule has 0 radical (unpaired) electrons. The minimum absolute atomic E-state index is 0.674. The number of benzene rings is 1. The molecular formula is C11H10N4S. The van der Waals surface area contributed by atoms with E-state index < -0.39 is 0 Å². The van der Waals surface area contributed by atoms with Gasteiger partial charge in [0.15, 0.2) is 5.16 Å². The minimum Gasteiger partial charge on any atom is -0.244 e. The maximum Gasteiger partial charge on any atom is 0.190 e. The van der Waals surface area contributed by atoms with Gasteiger partial charge >= 0.3 is 0 Å². The zero-order valence-corrected chi connectivity index (χ0v) is 9.82. The van der Waals surface area contributed by atoms with Gasteiger partial charge in [0, 0.05) is 11.9 Å². The number of aryl methyl sites for hydroxylation is 2. The lowest BCUT2D eigenvalue weighted by molar-refractivity contribution is 0.685. The van der Waals surface area contributed by atoms with Crippen molar-refractivity contribution in [1.82, 2.24) is 14.8 Å². The van der Waals surface area contributed by atoms with Gasteiger partial charge in [-0.2, -0.15) is 10.4 Å². The standard InChI is InChI=1S/C11H10N4S/c1-8-4-3-5-9(6-12)10(8)16-11-13-7-14-15(11)2/h3-5,7H,1-2H3. The fourth-order valence-corrected chi connectivity index (χ4v) is 2.26. The Morgan fingerprint density at radius 3 is 2.88 bits per heavy atom. The molecule has 0 aliphatic heterocycles. The fourth-order valence-electron chi connectivity index (χ4n) is 1.35. The molecule has 0 fully saturated rings. The summed E-state index contributed by atoms with van der Waals surface area (Å²) in [6, 6.07) is 7.87. The average molecular weight is 230 g/mol. The monoisotopic (exact) mass is 230 g/mol. The van der Waals surface area contributed by atoms with E-state index in [4.69, 9.17) is 5.26 Å². The van der Waals surface area contributed by atoms with Crippen LogP contribution in [-0.2, 0) is 7.05 Å². The number of hydrogen-bond acceptors (Lipinski definition) is 4. The molecule has 0 N–H and O–H groups in total. The molecule has 1 aromatic heterocycles. The molecule has 0 aliphatic rings. The topological polar surface area (TPSA) is 54.5 Å². The van der Waals surface area contributed by atoms with E-state index in [2.05, 4.69) is 16.2 Å². The molecule has 0 spiro atoms. The zero-order chi connectivity index (χ0) is 11.5. The highest BCUT2D eigenvalue weighted by molar-refractivity contribution is 7.99. The highest BCUT2D eigenvalue weighted by Gasteiger charge is 2.10. The van der Waals surface area contributed by atoms with Gasteiger partial charge in [-0.05, 0) is 30.3 Å². The van der Waals surface area contributed by atoms with E-state index in [1.165, 1.54) is 18.1 Å². The molecule has 0 amide bonds. The maximum absolute atomic E-state index is 9.03. The summed E-state index contributed by atoms with van der Waals surface area (Å²) in [4.78, 5) is 5.08. The van der Waals surface area contributed by atoms with Crippen molar-refractivity contribution in [2.24, 2.45) is 7.05 Å². The van der Waals surface area contributed by atoms with Gasteiger partial charge in [-0.15, -0.1) is 0 Å². The van der Waals surface area contributed by atoms with Crippen LogP contribution in [0.3, 0.4) is 0 Å². The highest BCUT2D eigenvalue weighted by Crippen LogP contribution is 2.30. The third-order valence-electron chi connectivity index (χ3n) is 2.20.